The average Bonchev–Trinajstić information content (AvgIpc) is 3.57. The number of nitrogens with zero attached hydrogens (tertiary/aromatic N) is 7. The molecule has 3 aromatic heterocycles. The van der Waals surface area contributed by atoms with E-state index in [1.165, 1.54) is 29.7 Å². The van der Waals surface area contributed by atoms with Gasteiger partial charge < -0.3 is 9.47 Å². The van der Waals surface area contributed by atoms with Crippen LogP contribution in [0.2, 0.25) is 0 Å². The first kappa shape index (κ1) is 25.2. The van der Waals surface area contributed by atoms with Gasteiger partial charge in [-0.2, -0.15) is 5.21 Å². The lowest BCUT2D eigenvalue weighted by atomic mass is 9.84. The fourth-order valence-electron chi connectivity index (χ4n) is 5.94. The van der Waals surface area contributed by atoms with Gasteiger partial charge in [-0.3, -0.25) is 0 Å². The SMILES string of the molecule is CCc1nc2c(C)cc(C)nc2n1Cc1ccc(-c2cc(N3CCCC(C)(C)C3)ccc2-c2nn[nH]n2)cc1. The van der Waals surface area contributed by atoms with E-state index in [9.17, 15) is 0 Å². The topological polar surface area (TPSA) is 88.4 Å². The number of aromatic nitrogens is 7. The number of piperidine rings is 1. The third-order valence-electron chi connectivity index (χ3n) is 7.88. The van der Waals surface area contributed by atoms with Crippen molar-refractivity contribution in [1.29, 1.82) is 0 Å². The summed E-state index contributed by atoms with van der Waals surface area (Å²) in [5.74, 6) is 1.67. The minimum atomic E-state index is 0.313. The number of rotatable bonds is 6. The van der Waals surface area contributed by atoms with E-state index in [-0.39, 0.29) is 0 Å². The molecule has 1 saturated heterocycles. The Balaban J connectivity index is 1.36. The van der Waals surface area contributed by atoms with Gasteiger partial charge in [0.25, 0.3) is 0 Å². The molecule has 4 heterocycles. The standard InChI is InChI=1S/C31H36N8/c1-6-27-33-28-20(2)16-21(3)32-30(28)39(27)18-22-8-10-23(11-9-22)26-17-24(38-15-7-14-31(4,5)19-38)12-13-25(26)29-34-36-37-35-29/h8-13,16-17H,6-7,14-15,18-19H2,1-5H3,(H,34,35,36,37). The van der Waals surface area contributed by atoms with Crippen LogP contribution in [0.4, 0.5) is 5.69 Å². The zero-order chi connectivity index (χ0) is 27.1. The average molecular weight is 521 g/mol. The van der Waals surface area contributed by atoms with E-state index >= 15 is 0 Å². The van der Waals surface area contributed by atoms with Crippen molar-refractivity contribution in [3.63, 3.8) is 0 Å². The number of fused-ring (bicyclic) bond motifs is 1. The van der Waals surface area contributed by atoms with Gasteiger partial charge >= 0.3 is 0 Å². The van der Waals surface area contributed by atoms with Gasteiger partial charge in [0, 0.05) is 36.5 Å². The van der Waals surface area contributed by atoms with Crippen LogP contribution in [0.5, 0.6) is 0 Å². The van der Waals surface area contributed by atoms with E-state index in [0.717, 1.165) is 65.4 Å². The number of hydrogen-bond acceptors (Lipinski definition) is 6. The zero-order valence-corrected chi connectivity index (χ0v) is 23.5. The molecule has 8 heteroatoms. The van der Waals surface area contributed by atoms with Crippen LogP contribution in [-0.2, 0) is 13.0 Å². The van der Waals surface area contributed by atoms with Gasteiger partial charge in [-0.05, 0) is 83.8 Å². The Morgan fingerprint density at radius 2 is 1.79 bits per heavy atom. The molecule has 1 fully saturated rings. The number of anilines is 1. The lowest BCUT2D eigenvalue weighted by molar-refractivity contribution is 0.293. The molecule has 200 valence electrons. The Kier molecular flexibility index (Phi) is 6.41. The van der Waals surface area contributed by atoms with E-state index < -0.39 is 0 Å². The highest BCUT2D eigenvalue weighted by molar-refractivity contribution is 5.83. The highest BCUT2D eigenvalue weighted by Crippen LogP contribution is 2.37. The van der Waals surface area contributed by atoms with Crippen molar-refractivity contribution in [2.45, 2.75) is 60.4 Å². The summed E-state index contributed by atoms with van der Waals surface area (Å²) < 4.78 is 2.26. The number of aromatic amines is 1. The van der Waals surface area contributed by atoms with E-state index in [4.69, 9.17) is 9.97 Å². The summed E-state index contributed by atoms with van der Waals surface area (Å²) in [6.07, 6.45) is 3.33. The molecule has 0 aliphatic carbocycles. The summed E-state index contributed by atoms with van der Waals surface area (Å²) in [5, 5.41) is 15.0. The zero-order valence-electron chi connectivity index (χ0n) is 23.5. The molecule has 1 aliphatic rings. The molecule has 0 unspecified atom stereocenters. The second kappa shape index (κ2) is 9.91. The quantitative estimate of drug-likeness (QED) is 0.290. The molecule has 5 aromatic rings. The number of benzene rings is 2. The first-order valence-electron chi connectivity index (χ1n) is 13.9. The lowest BCUT2D eigenvalue weighted by Gasteiger charge is -2.39. The van der Waals surface area contributed by atoms with Gasteiger partial charge in [-0.25, -0.2) is 9.97 Å². The Morgan fingerprint density at radius 3 is 2.51 bits per heavy atom. The van der Waals surface area contributed by atoms with Gasteiger partial charge in [-0.15, -0.1) is 10.2 Å². The van der Waals surface area contributed by atoms with Crippen LogP contribution in [0.25, 0.3) is 33.7 Å². The number of tetrazole rings is 1. The molecule has 0 saturated carbocycles. The normalized spacial score (nSPS) is 15.3. The minimum absolute atomic E-state index is 0.313. The molecule has 0 spiro atoms. The predicted molar refractivity (Wildman–Crippen MR) is 156 cm³/mol. The molecule has 0 bridgehead atoms. The number of nitrogens with one attached hydrogen (secondary N) is 1. The maximum atomic E-state index is 4.91. The van der Waals surface area contributed by atoms with Crippen LogP contribution >= 0.6 is 0 Å². The van der Waals surface area contributed by atoms with Crippen LogP contribution in [0.1, 0.15) is 56.3 Å². The molecule has 0 amide bonds. The monoisotopic (exact) mass is 520 g/mol. The van der Waals surface area contributed by atoms with Gasteiger partial charge in [0.2, 0.25) is 5.82 Å². The van der Waals surface area contributed by atoms with Gasteiger partial charge in [0.1, 0.15) is 11.3 Å². The lowest BCUT2D eigenvalue weighted by Crippen LogP contribution is -2.40. The fraction of sp³-hybridized carbons (Fsp3) is 0.387. The smallest absolute Gasteiger partial charge is 0.205 e. The van der Waals surface area contributed by atoms with E-state index in [0.29, 0.717) is 11.2 Å². The van der Waals surface area contributed by atoms with Gasteiger partial charge in [0.05, 0.1) is 6.54 Å². The van der Waals surface area contributed by atoms with E-state index in [2.05, 4.69) is 106 Å². The second-order valence-electron chi connectivity index (χ2n) is 11.6. The molecule has 6 rings (SSSR count). The number of hydrogen-bond donors (Lipinski definition) is 1. The Hall–Kier alpha value is -4.07. The maximum Gasteiger partial charge on any atom is 0.205 e. The fourth-order valence-corrected chi connectivity index (χ4v) is 5.94. The Morgan fingerprint density at radius 1 is 0.974 bits per heavy atom. The first-order chi connectivity index (χ1) is 18.8. The third-order valence-corrected chi connectivity index (χ3v) is 7.88. The molecule has 0 atom stereocenters. The molecular formula is C31H36N8. The number of imidazole rings is 1. The maximum absolute atomic E-state index is 4.91. The summed E-state index contributed by atoms with van der Waals surface area (Å²) in [6.45, 7) is 13.9. The van der Waals surface area contributed by atoms with Crippen molar-refractivity contribution in [1.82, 2.24) is 35.2 Å². The molecule has 39 heavy (non-hydrogen) atoms. The predicted octanol–water partition coefficient (Wildman–Crippen LogP) is 6.13. The summed E-state index contributed by atoms with van der Waals surface area (Å²) in [5.41, 5.74) is 10.1. The van der Waals surface area contributed by atoms with Crippen molar-refractivity contribution in [3.8, 4) is 22.5 Å². The van der Waals surface area contributed by atoms with Crippen molar-refractivity contribution in [2.24, 2.45) is 5.41 Å². The van der Waals surface area contributed by atoms with Crippen molar-refractivity contribution in [2.75, 3.05) is 18.0 Å². The van der Waals surface area contributed by atoms with Crippen LogP contribution < -0.4 is 4.90 Å². The first-order valence-corrected chi connectivity index (χ1v) is 13.9. The Labute approximate surface area is 229 Å². The van der Waals surface area contributed by atoms with Crippen molar-refractivity contribution in [3.05, 3.63) is 71.2 Å². The largest absolute Gasteiger partial charge is 0.371 e. The summed E-state index contributed by atoms with van der Waals surface area (Å²) in [7, 11) is 0. The molecule has 8 nitrogen and oxygen atoms in total. The van der Waals surface area contributed by atoms with E-state index in [1.54, 1.807) is 0 Å². The molecular weight excluding hydrogens is 484 g/mol. The van der Waals surface area contributed by atoms with Crippen LogP contribution in [0, 0.1) is 19.3 Å². The third kappa shape index (κ3) is 4.91. The summed E-state index contributed by atoms with van der Waals surface area (Å²) in [6, 6.07) is 17.5. The van der Waals surface area contributed by atoms with Crippen LogP contribution in [0.15, 0.2) is 48.5 Å². The van der Waals surface area contributed by atoms with Gasteiger partial charge in [-0.1, -0.05) is 45.0 Å². The number of pyridine rings is 1. The Bertz CT molecular complexity index is 1610. The molecule has 1 aliphatic heterocycles. The highest BCUT2D eigenvalue weighted by atomic mass is 15.5. The number of H-pyrrole nitrogens is 1. The van der Waals surface area contributed by atoms with Crippen molar-refractivity contribution < 1.29 is 0 Å². The van der Waals surface area contributed by atoms with Crippen molar-refractivity contribution >= 4 is 16.9 Å². The summed E-state index contributed by atoms with van der Waals surface area (Å²) in [4.78, 5) is 12.3. The molecule has 2 aromatic carbocycles. The van der Waals surface area contributed by atoms with Crippen LogP contribution in [0.3, 0.4) is 0 Å². The van der Waals surface area contributed by atoms with Crippen LogP contribution in [-0.4, -0.2) is 48.2 Å². The number of aryl methyl sites for hydroxylation is 3. The van der Waals surface area contributed by atoms with E-state index in [1.807, 2.05) is 6.92 Å². The summed E-state index contributed by atoms with van der Waals surface area (Å²) >= 11 is 0. The molecule has 0 radical (unpaired) electrons. The molecule has 1 N–H and O–H groups in total. The van der Waals surface area contributed by atoms with Gasteiger partial charge in [0.15, 0.2) is 5.65 Å². The second-order valence-corrected chi connectivity index (χ2v) is 11.6. The highest BCUT2D eigenvalue weighted by Gasteiger charge is 2.27. The minimum Gasteiger partial charge on any atom is -0.371 e.